The fourth-order valence-electron chi connectivity index (χ4n) is 3.09. The minimum absolute atomic E-state index is 0.166. The molecule has 1 aromatic heterocycles. The fraction of sp³-hybridized carbons (Fsp3) is 0.217. The molecule has 0 fully saturated rings. The van der Waals surface area contributed by atoms with E-state index in [0.29, 0.717) is 17.9 Å². The molecule has 0 radical (unpaired) electrons. The van der Waals surface area contributed by atoms with Gasteiger partial charge in [0.2, 0.25) is 10.0 Å². The van der Waals surface area contributed by atoms with Crippen LogP contribution in [0, 0.1) is 11.6 Å². The first kappa shape index (κ1) is 24.1. The lowest BCUT2D eigenvalue weighted by Crippen LogP contribution is -2.40. The van der Waals surface area contributed by atoms with Gasteiger partial charge in [-0.1, -0.05) is 24.3 Å². The van der Waals surface area contributed by atoms with Gasteiger partial charge in [-0.15, -0.1) is 0 Å². The number of anilines is 1. The molecule has 33 heavy (non-hydrogen) atoms. The Kier molecular flexibility index (Phi) is 7.94. The van der Waals surface area contributed by atoms with Crippen LogP contribution in [0.3, 0.4) is 0 Å². The molecule has 7 nitrogen and oxygen atoms in total. The highest BCUT2D eigenvalue weighted by atomic mass is 32.2. The van der Waals surface area contributed by atoms with Crippen LogP contribution < -0.4 is 14.8 Å². The first-order chi connectivity index (χ1) is 15.8. The third-order valence-electron chi connectivity index (χ3n) is 4.70. The van der Waals surface area contributed by atoms with Gasteiger partial charge in [0.05, 0.1) is 24.7 Å². The van der Waals surface area contributed by atoms with Gasteiger partial charge >= 0.3 is 0 Å². The summed E-state index contributed by atoms with van der Waals surface area (Å²) >= 11 is 0. The van der Waals surface area contributed by atoms with E-state index in [2.05, 4.69) is 15.0 Å². The molecule has 1 amide bonds. The zero-order valence-electron chi connectivity index (χ0n) is 17.8. The molecule has 0 aliphatic heterocycles. The summed E-state index contributed by atoms with van der Waals surface area (Å²) in [5.74, 6) is -2.20. The average Bonchev–Trinajstić information content (AvgIpc) is 2.79. The summed E-state index contributed by atoms with van der Waals surface area (Å²) in [5, 5.41) is 1.41. The number of carbonyl (C=O) groups is 1. The van der Waals surface area contributed by atoms with Crippen LogP contribution in [-0.2, 0) is 16.4 Å². The van der Waals surface area contributed by atoms with Crippen molar-refractivity contribution in [3.63, 3.8) is 0 Å². The predicted octanol–water partition coefficient (Wildman–Crippen LogP) is 3.54. The van der Waals surface area contributed by atoms with E-state index in [1.165, 1.54) is 24.5 Å². The van der Waals surface area contributed by atoms with E-state index in [1.807, 2.05) is 0 Å². The van der Waals surface area contributed by atoms with Crippen LogP contribution in [-0.4, -0.2) is 37.7 Å². The Morgan fingerprint density at radius 1 is 1.06 bits per heavy atom. The molecule has 0 bridgehead atoms. The second-order valence-electron chi connectivity index (χ2n) is 7.14. The van der Waals surface area contributed by atoms with Crippen LogP contribution in [0.5, 0.6) is 5.75 Å². The van der Waals surface area contributed by atoms with Crippen LogP contribution in [0.4, 0.5) is 14.5 Å². The number of nitrogens with zero attached hydrogens (tertiary/aromatic N) is 1. The summed E-state index contributed by atoms with van der Waals surface area (Å²) in [6, 6.07) is 13.0. The number of aromatic nitrogens is 1. The third-order valence-corrected chi connectivity index (χ3v) is 6.43. The second kappa shape index (κ2) is 10.9. The summed E-state index contributed by atoms with van der Waals surface area (Å²) < 4.78 is 61.1. The summed E-state index contributed by atoms with van der Waals surface area (Å²) in [7, 11) is -4.08. The maximum Gasteiger partial charge on any atom is 0.251 e. The molecule has 1 heterocycles. The van der Waals surface area contributed by atoms with Gasteiger partial charge in [-0.2, -0.15) is 0 Å². The van der Waals surface area contributed by atoms with Crippen LogP contribution in [0.2, 0.25) is 0 Å². The predicted molar refractivity (Wildman–Crippen MR) is 121 cm³/mol. The van der Waals surface area contributed by atoms with Crippen LogP contribution in [0.25, 0.3) is 0 Å². The number of rotatable bonds is 10. The van der Waals surface area contributed by atoms with Gasteiger partial charge < -0.3 is 10.1 Å². The molecule has 2 N–H and O–H groups in total. The largest absolute Gasteiger partial charge is 0.492 e. The maximum absolute atomic E-state index is 13.7. The Bertz CT molecular complexity index is 1210. The smallest absolute Gasteiger partial charge is 0.251 e. The quantitative estimate of drug-likeness (QED) is 0.468. The van der Waals surface area contributed by atoms with Crippen LogP contribution >= 0.6 is 0 Å². The Morgan fingerprint density at radius 2 is 1.82 bits per heavy atom. The molecule has 174 valence electrons. The molecule has 0 spiro atoms. The summed E-state index contributed by atoms with van der Waals surface area (Å²) in [6.45, 7) is 1.90. The van der Waals surface area contributed by atoms with Crippen molar-refractivity contribution >= 4 is 21.6 Å². The van der Waals surface area contributed by atoms with Crippen molar-refractivity contribution in [3.05, 3.63) is 89.8 Å². The number of hydrogen-bond donors (Lipinski definition) is 2. The highest BCUT2D eigenvalue weighted by Crippen LogP contribution is 2.20. The summed E-state index contributed by atoms with van der Waals surface area (Å²) in [5.41, 5.74) is 0.799. The van der Waals surface area contributed by atoms with Gasteiger partial charge in [0.1, 0.15) is 11.0 Å². The summed E-state index contributed by atoms with van der Waals surface area (Å²) in [4.78, 5) is 16.4. The van der Waals surface area contributed by atoms with E-state index in [9.17, 15) is 22.0 Å². The van der Waals surface area contributed by atoms with Gasteiger partial charge in [0.25, 0.3) is 5.91 Å². The molecular formula is C23H23F2N3O4S. The zero-order chi connectivity index (χ0) is 23.8. The Morgan fingerprint density at radius 3 is 2.52 bits per heavy atom. The van der Waals surface area contributed by atoms with E-state index in [0.717, 1.165) is 12.1 Å². The molecule has 3 aromatic rings. The second-order valence-corrected chi connectivity index (χ2v) is 9.10. The summed E-state index contributed by atoms with van der Waals surface area (Å²) in [6.07, 6.45) is 2.59. The minimum Gasteiger partial charge on any atom is -0.492 e. The van der Waals surface area contributed by atoms with Crippen molar-refractivity contribution in [2.45, 2.75) is 18.6 Å². The van der Waals surface area contributed by atoms with Gasteiger partial charge in [0, 0.05) is 18.2 Å². The number of nitrogens with one attached hydrogen (secondary N) is 2. The third kappa shape index (κ3) is 6.72. The monoisotopic (exact) mass is 475 g/mol. The van der Waals surface area contributed by atoms with E-state index in [4.69, 9.17) is 4.74 Å². The first-order valence-electron chi connectivity index (χ1n) is 10.1. The van der Waals surface area contributed by atoms with E-state index < -0.39 is 32.8 Å². The lowest BCUT2D eigenvalue weighted by molar-refractivity contribution is 0.0953. The van der Waals surface area contributed by atoms with Crippen molar-refractivity contribution in [2.75, 3.05) is 17.9 Å². The van der Waals surface area contributed by atoms with Gasteiger partial charge in [-0.3, -0.25) is 14.5 Å². The molecule has 2 aromatic carbocycles. The Balaban J connectivity index is 1.83. The number of carbonyl (C=O) groups excluding carboxylic acids is 1. The number of sulfonamides is 1. The van der Waals surface area contributed by atoms with Crippen LogP contribution in [0.1, 0.15) is 22.8 Å². The van der Waals surface area contributed by atoms with E-state index in [1.54, 1.807) is 37.3 Å². The van der Waals surface area contributed by atoms with Gasteiger partial charge in [0.15, 0.2) is 11.6 Å². The van der Waals surface area contributed by atoms with E-state index in [-0.39, 0.29) is 24.2 Å². The average molecular weight is 476 g/mol. The molecule has 0 aliphatic rings. The van der Waals surface area contributed by atoms with E-state index >= 15 is 0 Å². The van der Waals surface area contributed by atoms with Crippen LogP contribution in [0.15, 0.2) is 67.0 Å². The highest BCUT2D eigenvalue weighted by molar-refractivity contribution is 7.93. The molecule has 10 heteroatoms. The van der Waals surface area contributed by atoms with Crippen molar-refractivity contribution in [2.24, 2.45) is 0 Å². The minimum atomic E-state index is -4.08. The molecule has 0 saturated heterocycles. The SMILES string of the molecule is CCOc1cncc(NS(=O)(=O)C(CNC(=O)c2ccccc2)Cc2ccc(F)c(F)c2)c1. The zero-order valence-corrected chi connectivity index (χ0v) is 18.6. The Hall–Kier alpha value is -3.53. The van der Waals surface area contributed by atoms with Crippen molar-refractivity contribution in [1.29, 1.82) is 0 Å². The lowest BCUT2D eigenvalue weighted by atomic mass is 10.1. The molecular weight excluding hydrogens is 452 g/mol. The maximum atomic E-state index is 13.7. The number of ether oxygens (including phenoxy) is 1. The molecule has 0 saturated carbocycles. The van der Waals surface area contributed by atoms with Crippen molar-refractivity contribution < 1.29 is 26.7 Å². The normalized spacial score (nSPS) is 12.1. The number of hydrogen-bond acceptors (Lipinski definition) is 5. The molecule has 0 aliphatic carbocycles. The number of halogens is 2. The van der Waals surface area contributed by atoms with Crippen molar-refractivity contribution in [1.82, 2.24) is 10.3 Å². The number of benzene rings is 2. The molecule has 1 atom stereocenters. The lowest BCUT2D eigenvalue weighted by Gasteiger charge is -2.20. The topological polar surface area (TPSA) is 97.4 Å². The van der Waals surface area contributed by atoms with Gasteiger partial charge in [-0.25, -0.2) is 17.2 Å². The van der Waals surface area contributed by atoms with Crippen molar-refractivity contribution in [3.8, 4) is 5.75 Å². The first-order valence-corrected chi connectivity index (χ1v) is 11.7. The highest BCUT2D eigenvalue weighted by Gasteiger charge is 2.27. The molecule has 3 rings (SSSR count). The Labute approximate surface area is 190 Å². The number of pyridine rings is 1. The van der Waals surface area contributed by atoms with Gasteiger partial charge in [-0.05, 0) is 43.2 Å². The fourth-order valence-corrected chi connectivity index (χ4v) is 4.41. The number of amides is 1. The molecule has 1 unspecified atom stereocenters. The standard InChI is InChI=1S/C23H23F2N3O4S/c1-2-32-19-12-18(13-26-14-19)28-33(30,31)20(10-16-8-9-21(24)22(25)11-16)15-27-23(29)17-6-4-3-5-7-17/h3-9,11-14,20,28H,2,10,15H2,1H3,(H,27,29).